The number of hydrogen-bond donors (Lipinski definition) is 0. The highest BCUT2D eigenvalue weighted by molar-refractivity contribution is 5.85. The van der Waals surface area contributed by atoms with Crippen molar-refractivity contribution < 1.29 is 0 Å². The molecule has 0 unspecified atom stereocenters. The zero-order chi connectivity index (χ0) is 12.3. The Balaban J connectivity index is 0.000001000. The van der Waals surface area contributed by atoms with Gasteiger partial charge in [0, 0.05) is 5.54 Å². The molecule has 1 aliphatic heterocycles. The number of hydrogen-bond acceptors (Lipinski definition) is 1. The molecule has 1 aromatic rings. The topological polar surface area (TPSA) is 3.24 Å². The molecule has 3 heteroatoms. The summed E-state index contributed by atoms with van der Waals surface area (Å²) in [7, 11) is 0. The van der Waals surface area contributed by atoms with Crippen LogP contribution in [0.5, 0.6) is 0 Å². The molecule has 1 heterocycles. The van der Waals surface area contributed by atoms with E-state index in [4.69, 9.17) is 0 Å². The fourth-order valence-corrected chi connectivity index (χ4v) is 3.99. The molecular formula is C17H27Cl2N. The van der Waals surface area contributed by atoms with E-state index < -0.39 is 0 Å². The summed E-state index contributed by atoms with van der Waals surface area (Å²) in [4.78, 5) is 2.81. The van der Waals surface area contributed by atoms with Crippen LogP contribution in [0.25, 0.3) is 0 Å². The second-order valence-electron chi connectivity index (χ2n) is 6.01. The first-order chi connectivity index (χ1) is 8.92. The minimum absolute atomic E-state index is 0. The third-order valence-electron chi connectivity index (χ3n) is 4.95. The average Bonchev–Trinajstić information content (AvgIpc) is 2.50. The molecule has 0 atom stereocenters. The van der Waals surface area contributed by atoms with Crippen LogP contribution in [0.15, 0.2) is 30.3 Å². The molecule has 0 aromatic heterocycles. The predicted molar refractivity (Wildman–Crippen MR) is 91.1 cm³/mol. The predicted octanol–water partition coefficient (Wildman–Crippen LogP) is 5.18. The number of halogens is 2. The van der Waals surface area contributed by atoms with Gasteiger partial charge in [-0.05, 0) is 44.3 Å². The van der Waals surface area contributed by atoms with E-state index >= 15 is 0 Å². The highest BCUT2D eigenvalue weighted by Gasteiger charge is 2.39. The van der Waals surface area contributed by atoms with E-state index in [1.165, 1.54) is 64.5 Å². The Morgan fingerprint density at radius 3 is 1.85 bits per heavy atom. The molecule has 1 aliphatic carbocycles. The fourth-order valence-electron chi connectivity index (χ4n) is 3.99. The van der Waals surface area contributed by atoms with Crippen LogP contribution in [0.3, 0.4) is 0 Å². The van der Waals surface area contributed by atoms with Crippen molar-refractivity contribution in [3.8, 4) is 0 Å². The second-order valence-corrected chi connectivity index (χ2v) is 6.01. The number of likely N-dealkylation sites (tertiary alicyclic amines) is 1. The lowest BCUT2D eigenvalue weighted by molar-refractivity contribution is 0.0303. The maximum absolute atomic E-state index is 2.81. The maximum Gasteiger partial charge on any atom is 0.0460 e. The lowest BCUT2D eigenvalue weighted by Gasteiger charge is -2.48. The quantitative estimate of drug-likeness (QED) is 0.727. The van der Waals surface area contributed by atoms with Gasteiger partial charge in [0.1, 0.15) is 0 Å². The van der Waals surface area contributed by atoms with Crippen LogP contribution in [-0.2, 0) is 5.54 Å². The van der Waals surface area contributed by atoms with Crippen LogP contribution in [0.1, 0.15) is 56.9 Å². The molecule has 0 spiro atoms. The Hall–Kier alpha value is -0.240. The van der Waals surface area contributed by atoms with Crippen molar-refractivity contribution in [1.29, 1.82) is 0 Å². The number of rotatable bonds is 2. The Bertz CT molecular complexity index is 368. The van der Waals surface area contributed by atoms with Crippen LogP contribution in [0.2, 0.25) is 0 Å². The molecule has 1 nitrogen and oxygen atoms in total. The third kappa shape index (κ3) is 3.50. The Morgan fingerprint density at radius 1 is 0.700 bits per heavy atom. The molecule has 1 aromatic carbocycles. The van der Waals surface area contributed by atoms with Crippen molar-refractivity contribution in [2.24, 2.45) is 0 Å². The Labute approximate surface area is 136 Å². The van der Waals surface area contributed by atoms with Crippen molar-refractivity contribution in [2.45, 2.75) is 56.9 Å². The lowest BCUT2D eigenvalue weighted by Crippen LogP contribution is -2.49. The van der Waals surface area contributed by atoms with Gasteiger partial charge in [-0.2, -0.15) is 0 Å². The fraction of sp³-hybridized carbons (Fsp3) is 0.647. The van der Waals surface area contributed by atoms with Gasteiger partial charge in [-0.25, -0.2) is 0 Å². The van der Waals surface area contributed by atoms with E-state index in [2.05, 4.69) is 35.2 Å². The molecule has 1 saturated carbocycles. The van der Waals surface area contributed by atoms with Crippen molar-refractivity contribution in [1.82, 2.24) is 4.90 Å². The first-order valence-electron chi connectivity index (χ1n) is 7.72. The standard InChI is InChI=1S/C17H25N.2ClH/c1-4-10-16(11-5-1)17(12-6-2-7-13-17)18-14-8-3-9-15-18;;/h1,4-5,10-11H,2-3,6-9,12-15H2;2*1H. The van der Waals surface area contributed by atoms with E-state index in [0.717, 1.165) is 0 Å². The third-order valence-corrected chi connectivity index (χ3v) is 4.95. The van der Waals surface area contributed by atoms with Crippen molar-refractivity contribution in [2.75, 3.05) is 13.1 Å². The molecule has 0 bridgehead atoms. The summed E-state index contributed by atoms with van der Waals surface area (Å²) in [6.45, 7) is 2.63. The first-order valence-corrected chi connectivity index (χ1v) is 7.72. The summed E-state index contributed by atoms with van der Waals surface area (Å²) in [6, 6.07) is 11.3. The van der Waals surface area contributed by atoms with Crippen LogP contribution >= 0.6 is 24.8 Å². The van der Waals surface area contributed by atoms with E-state index in [1.807, 2.05) is 0 Å². The van der Waals surface area contributed by atoms with Gasteiger partial charge in [0.2, 0.25) is 0 Å². The number of benzene rings is 1. The molecular weight excluding hydrogens is 289 g/mol. The van der Waals surface area contributed by atoms with Gasteiger partial charge in [0.05, 0.1) is 0 Å². The summed E-state index contributed by atoms with van der Waals surface area (Å²) >= 11 is 0. The van der Waals surface area contributed by atoms with Gasteiger partial charge >= 0.3 is 0 Å². The maximum atomic E-state index is 2.81. The van der Waals surface area contributed by atoms with Crippen LogP contribution < -0.4 is 0 Å². The van der Waals surface area contributed by atoms with Gasteiger partial charge in [0.25, 0.3) is 0 Å². The Morgan fingerprint density at radius 2 is 1.25 bits per heavy atom. The minimum atomic E-state index is 0. The van der Waals surface area contributed by atoms with Crippen molar-refractivity contribution >= 4 is 24.8 Å². The molecule has 2 aliphatic rings. The molecule has 2 fully saturated rings. The second kappa shape index (κ2) is 8.26. The van der Waals surface area contributed by atoms with Crippen LogP contribution in [0, 0.1) is 0 Å². The van der Waals surface area contributed by atoms with E-state index in [0.29, 0.717) is 5.54 Å². The normalized spacial score (nSPS) is 22.4. The van der Waals surface area contributed by atoms with Crippen molar-refractivity contribution in [3.05, 3.63) is 35.9 Å². The zero-order valence-corrected chi connectivity index (χ0v) is 13.9. The number of nitrogens with zero attached hydrogens (tertiary/aromatic N) is 1. The summed E-state index contributed by atoms with van der Waals surface area (Å²) < 4.78 is 0. The van der Waals surface area contributed by atoms with E-state index in [-0.39, 0.29) is 24.8 Å². The zero-order valence-electron chi connectivity index (χ0n) is 12.2. The Kier molecular flexibility index (Phi) is 7.36. The van der Waals surface area contributed by atoms with Gasteiger partial charge < -0.3 is 0 Å². The SMILES string of the molecule is Cl.Cl.c1ccc(C2(N3CCCCC3)CCCCC2)cc1. The molecule has 20 heavy (non-hydrogen) atoms. The molecule has 114 valence electrons. The highest BCUT2D eigenvalue weighted by atomic mass is 35.5. The monoisotopic (exact) mass is 315 g/mol. The van der Waals surface area contributed by atoms with Gasteiger partial charge in [-0.3, -0.25) is 4.90 Å². The lowest BCUT2D eigenvalue weighted by atomic mass is 9.74. The van der Waals surface area contributed by atoms with Crippen molar-refractivity contribution in [3.63, 3.8) is 0 Å². The van der Waals surface area contributed by atoms with Crippen LogP contribution in [0.4, 0.5) is 0 Å². The van der Waals surface area contributed by atoms with E-state index in [9.17, 15) is 0 Å². The van der Waals surface area contributed by atoms with Gasteiger partial charge in [-0.1, -0.05) is 56.0 Å². The first kappa shape index (κ1) is 17.8. The summed E-state index contributed by atoms with van der Waals surface area (Å²) in [6.07, 6.45) is 11.2. The van der Waals surface area contributed by atoms with Gasteiger partial charge in [0.15, 0.2) is 0 Å². The summed E-state index contributed by atoms with van der Waals surface area (Å²) in [5.41, 5.74) is 1.95. The molecule has 0 amide bonds. The molecule has 3 rings (SSSR count). The summed E-state index contributed by atoms with van der Waals surface area (Å²) in [5.74, 6) is 0. The van der Waals surface area contributed by atoms with E-state index in [1.54, 1.807) is 5.56 Å². The molecule has 0 N–H and O–H groups in total. The average molecular weight is 316 g/mol. The molecule has 0 radical (unpaired) electrons. The highest BCUT2D eigenvalue weighted by Crippen LogP contribution is 2.43. The summed E-state index contributed by atoms with van der Waals surface area (Å²) in [5, 5.41) is 0. The molecule has 1 saturated heterocycles. The number of piperidine rings is 1. The largest absolute Gasteiger partial charge is 0.294 e. The van der Waals surface area contributed by atoms with Gasteiger partial charge in [-0.15, -0.1) is 24.8 Å². The van der Waals surface area contributed by atoms with Crippen LogP contribution in [-0.4, -0.2) is 18.0 Å². The smallest absolute Gasteiger partial charge is 0.0460 e. The minimum Gasteiger partial charge on any atom is -0.294 e.